The molecule has 3 aromatic rings. The van der Waals surface area contributed by atoms with E-state index in [0.717, 1.165) is 0 Å². The quantitative estimate of drug-likeness (QED) is 0.627. The van der Waals surface area contributed by atoms with Gasteiger partial charge in [0.1, 0.15) is 5.75 Å². The van der Waals surface area contributed by atoms with Crippen LogP contribution in [0.15, 0.2) is 71.6 Å². The summed E-state index contributed by atoms with van der Waals surface area (Å²) in [5.41, 5.74) is 1.79. The third-order valence-corrected chi connectivity index (χ3v) is 5.85. The number of carbonyl (C=O) groups is 1. The molecule has 0 aliphatic rings. The highest BCUT2D eigenvalue weighted by Crippen LogP contribution is 2.27. The maximum Gasteiger partial charge on any atom is 0.262 e. The molecule has 0 fully saturated rings. The van der Waals surface area contributed by atoms with Crippen LogP contribution in [0.1, 0.15) is 21.5 Å². The lowest BCUT2D eigenvalue weighted by Crippen LogP contribution is -2.17. The standard InChI is InChI=1S/C22H19N3O4S/c1-15-10-11-17(22(26)24-18-7-5-6-16(12-18)14-23)13-21(15)30(27,28)25-19-8-3-4-9-20(19)29-2/h3-13,25H,1-2H3,(H,24,26). The van der Waals surface area contributed by atoms with E-state index in [4.69, 9.17) is 10.00 Å². The van der Waals surface area contributed by atoms with Crippen molar-refractivity contribution in [3.63, 3.8) is 0 Å². The molecule has 0 heterocycles. The van der Waals surface area contributed by atoms with E-state index >= 15 is 0 Å². The van der Waals surface area contributed by atoms with Crippen LogP contribution in [0.25, 0.3) is 0 Å². The maximum atomic E-state index is 13.0. The van der Waals surface area contributed by atoms with E-state index in [-0.39, 0.29) is 10.5 Å². The number of rotatable bonds is 6. The molecule has 2 N–H and O–H groups in total. The lowest BCUT2D eigenvalue weighted by atomic mass is 10.1. The first-order valence-corrected chi connectivity index (χ1v) is 10.4. The molecule has 0 unspecified atom stereocenters. The second kappa shape index (κ2) is 8.68. The molecule has 8 heteroatoms. The minimum absolute atomic E-state index is 0.0215. The van der Waals surface area contributed by atoms with E-state index in [0.29, 0.717) is 28.3 Å². The van der Waals surface area contributed by atoms with E-state index in [2.05, 4.69) is 10.0 Å². The van der Waals surface area contributed by atoms with Crippen molar-refractivity contribution in [2.45, 2.75) is 11.8 Å². The molecule has 30 heavy (non-hydrogen) atoms. The topological polar surface area (TPSA) is 108 Å². The van der Waals surface area contributed by atoms with Crippen LogP contribution in [0.2, 0.25) is 0 Å². The second-order valence-electron chi connectivity index (χ2n) is 6.43. The molecule has 1 amide bonds. The predicted molar refractivity (Wildman–Crippen MR) is 114 cm³/mol. The molecular weight excluding hydrogens is 402 g/mol. The molecule has 0 spiro atoms. The zero-order chi connectivity index (χ0) is 21.7. The Balaban J connectivity index is 1.90. The Hall–Kier alpha value is -3.83. The highest BCUT2D eigenvalue weighted by molar-refractivity contribution is 7.92. The zero-order valence-electron chi connectivity index (χ0n) is 16.3. The van der Waals surface area contributed by atoms with E-state index < -0.39 is 15.9 Å². The largest absolute Gasteiger partial charge is 0.495 e. The summed E-state index contributed by atoms with van der Waals surface area (Å²) in [6, 6.07) is 19.5. The summed E-state index contributed by atoms with van der Waals surface area (Å²) < 4.78 is 33.6. The summed E-state index contributed by atoms with van der Waals surface area (Å²) >= 11 is 0. The number of para-hydroxylation sites is 2. The summed E-state index contributed by atoms with van der Waals surface area (Å²) in [5, 5.41) is 11.7. The number of nitrogens with zero attached hydrogens (tertiary/aromatic N) is 1. The number of amides is 1. The fourth-order valence-corrected chi connectivity index (χ4v) is 4.17. The molecule has 152 valence electrons. The van der Waals surface area contributed by atoms with Gasteiger partial charge in [-0.2, -0.15) is 5.26 Å². The summed E-state index contributed by atoms with van der Waals surface area (Å²) in [4.78, 5) is 12.6. The number of nitrogens with one attached hydrogen (secondary N) is 2. The fourth-order valence-electron chi connectivity index (χ4n) is 2.83. The number of carbonyl (C=O) groups excluding carboxylic acids is 1. The molecule has 3 rings (SSSR count). The van der Waals surface area contributed by atoms with Gasteiger partial charge in [0.2, 0.25) is 0 Å². The molecule has 0 radical (unpaired) electrons. The molecule has 0 aromatic heterocycles. The van der Waals surface area contributed by atoms with E-state index in [1.165, 1.54) is 19.2 Å². The first-order chi connectivity index (χ1) is 14.3. The Morgan fingerprint density at radius 2 is 1.80 bits per heavy atom. The fraction of sp³-hybridized carbons (Fsp3) is 0.0909. The highest BCUT2D eigenvalue weighted by atomic mass is 32.2. The van der Waals surface area contributed by atoms with Gasteiger partial charge in [-0.3, -0.25) is 9.52 Å². The summed E-state index contributed by atoms with van der Waals surface area (Å²) in [6.45, 7) is 1.65. The van der Waals surface area contributed by atoms with Crippen LogP contribution in [0, 0.1) is 18.3 Å². The monoisotopic (exact) mass is 421 g/mol. The van der Waals surface area contributed by atoms with Crippen LogP contribution < -0.4 is 14.8 Å². The van der Waals surface area contributed by atoms with Crippen molar-refractivity contribution in [1.82, 2.24) is 0 Å². The number of aryl methyl sites for hydroxylation is 1. The molecular formula is C22H19N3O4S. The molecule has 0 saturated heterocycles. The summed E-state index contributed by atoms with van der Waals surface area (Å²) in [6.07, 6.45) is 0. The smallest absolute Gasteiger partial charge is 0.262 e. The molecule has 0 saturated carbocycles. The van der Waals surface area contributed by atoms with E-state index in [1.807, 2.05) is 6.07 Å². The van der Waals surface area contributed by atoms with Gasteiger partial charge < -0.3 is 10.1 Å². The van der Waals surface area contributed by atoms with Gasteiger partial charge in [0, 0.05) is 11.3 Å². The molecule has 7 nitrogen and oxygen atoms in total. The number of sulfonamides is 1. The van der Waals surface area contributed by atoms with Gasteiger partial charge in [0.15, 0.2) is 0 Å². The Labute approximate surface area is 175 Å². The van der Waals surface area contributed by atoms with Crippen LogP contribution in [-0.4, -0.2) is 21.4 Å². The van der Waals surface area contributed by atoms with Crippen molar-refractivity contribution >= 4 is 27.3 Å². The average Bonchev–Trinajstić information content (AvgIpc) is 2.74. The number of hydrogen-bond acceptors (Lipinski definition) is 5. The van der Waals surface area contributed by atoms with Crippen molar-refractivity contribution < 1.29 is 17.9 Å². The zero-order valence-corrected chi connectivity index (χ0v) is 17.2. The van der Waals surface area contributed by atoms with Gasteiger partial charge in [0.25, 0.3) is 15.9 Å². The summed E-state index contributed by atoms with van der Waals surface area (Å²) in [7, 11) is -2.52. The number of nitriles is 1. The molecule has 0 aliphatic carbocycles. The van der Waals surface area contributed by atoms with Gasteiger partial charge >= 0.3 is 0 Å². The summed E-state index contributed by atoms with van der Waals surface area (Å²) in [5.74, 6) is -0.108. The minimum atomic E-state index is -3.97. The van der Waals surface area contributed by atoms with Crippen LogP contribution in [-0.2, 0) is 10.0 Å². The maximum absolute atomic E-state index is 13.0. The van der Waals surface area contributed by atoms with Gasteiger partial charge in [-0.1, -0.05) is 24.3 Å². The second-order valence-corrected chi connectivity index (χ2v) is 8.08. The Morgan fingerprint density at radius 1 is 1.03 bits per heavy atom. The van der Waals surface area contributed by atoms with Crippen LogP contribution >= 0.6 is 0 Å². The van der Waals surface area contributed by atoms with Crippen molar-refractivity contribution in [1.29, 1.82) is 5.26 Å². The highest BCUT2D eigenvalue weighted by Gasteiger charge is 2.21. The number of methoxy groups -OCH3 is 1. The van der Waals surface area contributed by atoms with Crippen LogP contribution in [0.4, 0.5) is 11.4 Å². The lowest BCUT2D eigenvalue weighted by Gasteiger charge is -2.14. The number of hydrogen-bond donors (Lipinski definition) is 2. The van der Waals surface area contributed by atoms with Gasteiger partial charge in [0.05, 0.1) is 29.3 Å². The Bertz CT molecular complexity index is 1250. The molecule has 3 aromatic carbocycles. The molecule has 0 atom stereocenters. The minimum Gasteiger partial charge on any atom is -0.495 e. The van der Waals surface area contributed by atoms with Crippen molar-refractivity contribution in [3.8, 4) is 11.8 Å². The predicted octanol–water partition coefficient (Wildman–Crippen LogP) is 3.93. The number of anilines is 2. The molecule has 0 aliphatic heterocycles. The molecule has 0 bridgehead atoms. The van der Waals surface area contributed by atoms with Gasteiger partial charge in [-0.25, -0.2) is 8.42 Å². The van der Waals surface area contributed by atoms with E-state index in [1.54, 1.807) is 61.5 Å². The lowest BCUT2D eigenvalue weighted by molar-refractivity contribution is 0.102. The van der Waals surface area contributed by atoms with Crippen molar-refractivity contribution in [3.05, 3.63) is 83.4 Å². The van der Waals surface area contributed by atoms with Crippen molar-refractivity contribution in [2.75, 3.05) is 17.1 Å². The average molecular weight is 421 g/mol. The van der Waals surface area contributed by atoms with Gasteiger partial charge in [-0.05, 0) is 55.0 Å². The van der Waals surface area contributed by atoms with Crippen LogP contribution in [0.3, 0.4) is 0 Å². The first kappa shape index (κ1) is 20.9. The Morgan fingerprint density at radius 3 is 2.53 bits per heavy atom. The normalized spacial score (nSPS) is 10.7. The third kappa shape index (κ3) is 4.59. The Kier molecular flexibility index (Phi) is 6.04. The van der Waals surface area contributed by atoms with Crippen molar-refractivity contribution in [2.24, 2.45) is 0 Å². The first-order valence-electron chi connectivity index (χ1n) is 8.92. The van der Waals surface area contributed by atoms with Crippen LogP contribution in [0.5, 0.6) is 5.75 Å². The van der Waals surface area contributed by atoms with E-state index in [9.17, 15) is 13.2 Å². The SMILES string of the molecule is COc1ccccc1NS(=O)(=O)c1cc(C(=O)Nc2cccc(C#N)c2)ccc1C. The number of ether oxygens (including phenoxy) is 1. The van der Waals surface area contributed by atoms with Gasteiger partial charge in [-0.15, -0.1) is 0 Å². The number of benzene rings is 3. The third-order valence-electron chi connectivity index (χ3n) is 4.34.